The third kappa shape index (κ3) is 3.89. The lowest BCUT2D eigenvalue weighted by Gasteiger charge is -2.33. The molecular weight excluding hydrogens is 393 g/mol. The average molecular weight is 408 g/mol. The summed E-state index contributed by atoms with van der Waals surface area (Å²) in [6.45, 7) is 1.35. The number of nitrogens with one attached hydrogen (secondary N) is 1. The molecule has 1 aliphatic rings. The fourth-order valence-corrected chi connectivity index (χ4v) is 2.95. The maximum absolute atomic E-state index is 13.2. The van der Waals surface area contributed by atoms with Gasteiger partial charge in [0.15, 0.2) is 6.10 Å². The highest BCUT2D eigenvalue weighted by atomic mass is 35.5. The summed E-state index contributed by atoms with van der Waals surface area (Å²) in [5.74, 6) is -1.42. The molecule has 0 aromatic heterocycles. The highest BCUT2D eigenvalue weighted by Gasteiger charge is 2.35. The van der Waals surface area contributed by atoms with E-state index in [0.29, 0.717) is 6.42 Å². The molecule has 0 fully saturated rings. The van der Waals surface area contributed by atoms with Gasteiger partial charge in [-0.1, -0.05) is 18.5 Å². The molecule has 3 rings (SSSR count). The summed E-state index contributed by atoms with van der Waals surface area (Å²) in [6.07, 6.45) is -0.442. The number of rotatable bonds is 5. The van der Waals surface area contributed by atoms with E-state index < -0.39 is 35.2 Å². The van der Waals surface area contributed by atoms with Crippen molar-refractivity contribution in [2.45, 2.75) is 19.4 Å². The summed E-state index contributed by atoms with van der Waals surface area (Å²) in [5, 5.41) is 13.4. The first-order chi connectivity index (χ1) is 13.3. The number of benzene rings is 2. The normalized spacial score (nSPS) is 15.6. The summed E-state index contributed by atoms with van der Waals surface area (Å²) in [5.41, 5.74) is 0.153. The second kappa shape index (κ2) is 7.81. The van der Waals surface area contributed by atoms with Crippen molar-refractivity contribution < 1.29 is 23.6 Å². The highest BCUT2D eigenvalue weighted by molar-refractivity contribution is 6.31. The number of halogens is 2. The Morgan fingerprint density at radius 1 is 1.36 bits per heavy atom. The molecule has 8 nitrogen and oxygen atoms in total. The fourth-order valence-electron chi connectivity index (χ4n) is 2.77. The summed E-state index contributed by atoms with van der Waals surface area (Å²) >= 11 is 5.69. The van der Waals surface area contributed by atoms with Crippen LogP contribution < -0.4 is 15.0 Å². The molecule has 2 amide bonds. The molecule has 0 saturated heterocycles. The van der Waals surface area contributed by atoms with Gasteiger partial charge in [-0.25, -0.2) is 4.39 Å². The fraction of sp³-hybridized carbons (Fsp3) is 0.222. The minimum absolute atomic E-state index is 0.135. The summed E-state index contributed by atoms with van der Waals surface area (Å²) < 4.78 is 18.8. The molecule has 1 N–H and O–H groups in total. The Kier molecular flexibility index (Phi) is 5.46. The number of non-ortho nitro benzene ring substituents is 1. The molecule has 28 heavy (non-hydrogen) atoms. The smallest absolute Gasteiger partial charge is 0.271 e. The van der Waals surface area contributed by atoms with Gasteiger partial charge in [0, 0.05) is 17.8 Å². The zero-order valence-corrected chi connectivity index (χ0v) is 15.4. The maximum atomic E-state index is 13.2. The standard InChI is InChI=1S/C18H15ClFN3O5/c1-2-15-18(25)22(14-8-11(23(26)27)4-6-16(14)28-15)9-17(24)21-10-3-5-13(20)12(19)7-10/h3-8,15H,2,9H2,1H3,(H,21,24). The molecule has 0 saturated carbocycles. The number of anilines is 2. The van der Waals surface area contributed by atoms with Crippen LogP contribution >= 0.6 is 11.6 Å². The molecule has 0 bridgehead atoms. The number of ether oxygens (including phenoxy) is 1. The molecule has 0 radical (unpaired) electrons. The molecule has 1 aliphatic heterocycles. The number of fused-ring (bicyclic) bond motifs is 1. The molecule has 1 atom stereocenters. The molecule has 2 aromatic rings. The number of hydrogen-bond acceptors (Lipinski definition) is 5. The largest absolute Gasteiger partial charge is 0.478 e. The zero-order chi connectivity index (χ0) is 20.4. The number of nitro groups is 1. The maximum Gasteiger partial charge on any atom is 0.271 e. The Hall–Kier alpha value is -3.20. The van der Waals surface area contributed by atoms with Crippen LogP contribution in [0.1, 0.15) is 13.3 Å². The van der Waals surface area contributed by atoms with Crippen molar-refractivity contribution in [1.82, 2.24) is 0 Å². The highest BCUT2D eigenvalue weighted by Crippen LogP contribution is 2.37. The Balaban J connectivity index is 1.87. The lowest BCUT2D eigenvalue weighted by atomic mass is 10.1. The van der Waals surface area contributed by atoms with Crippen molar-refractivity contribution in [2.24, 2.45) is 0 Å². The summed E-state index contributed by atoms with van der Waals surface area (Å²) in [4.78, 5) is 36.7. The average Bonchev–Trinajstić information content (AvgIpc) is 2.66. The first-order valence-electron chi connectivity index (χ1n) is 8.31. The van der Waals surface area contributed by atoms with E-state index in [9.17, 15) is 24.1 Å². The summed E-state index contributed by atoms with van der Waals surface area (Å²) in [7, 11) is 0. The zero-order valence-electron chi connectivity index (χ0n) is 14.6. The Morgan fingerprint density at radius 3 is 2.75 bits per heavy atom. The van der Waals surface area contributed by atoms with Crippen LogP contribution in [0.4, 0.5) is 21.5 Å². The second-order valence-corrected chi connectivity index (χ2v) is 6.43. The van der Waals surface area contributed by atoms with Crippen LogP contribution in [-0.2, 0) is 9.59 Å². The van der Waals surface area contributed by atoms with Crippen LogP contribution in [0.2, 0.25) is 5.02 Å². The van der Waals surface area contributed by atoms with Gasteiger partial charge in [0.1, 0.15) is 18.1 Å². The number of amides is 2. The molecule has 0 spiro atoms. The minimum atomic E-state index is -0.804. The molecule has 146 valence electrons. The third-order valence-corrected chi connectivity index (χ3v) is 4.42. The van der Waals surface area contributed by atoms with Crippen LogP contribution in [0.3, 0.4) is 0 Å². The van der Waals surface area contributed by atoms with Crippen molar-refractivity contribution in [3.8, 4) is 5.75 Å². The van der Waals surface area contributed by atoms with Gasteiger partial charge in [-0.3, -0.25) is 24.6 Å². The van der Waals surface area contributed by atoms with Gasteiger partial charge in [-0.05, 0) is 30.7 Å². The van der Waals surface area contributed by atoms with Gasteiger partial charge in [0.05, 0.1) is 15.6 Å². The van der Waals surface area contributed by atoms with Crippen molar-refractivity contribution in [3.05, 3.63) is 57.4 Å². The van der Waals surface area contributed by atoms with E-state index in [1.165, 1.54) is 30.3 Å². The van der Waals surface area contributed by atoms with Gasteiger partial charge in [0.25, 0.3) is 11.6 Å². The minimum Gasteiger partial charge on any atom is -0.478 e. The second-order valence-electron chi connectivity index (χ2n) is 6.03. The van der Waals surface area contributed by atoms with Gasteiger partial charge >= 0.3 is 0 Å². The van der Waals surface area contributed by atoms with Crippen LogP contribution in [0.25, 0.3) is 0 Å². The van der Waals surface area contributed by atoms with E-state index in [1.807, 2.05) is 0 Å². The monoisotopic (exact) mass is 407 g/mol. The van der Waals surface area contributed by atoms with Gasteiger partial charge in [0.2, 0.25) is 5.91 Å². The topological polar surface area (TPSA) is 102 Å². The molecular formula is C18H15ClFN3O5. The number of carbonyl (C=O) groups excluding carboxylic acids is 2. The van der Waals surface area contributed by atoms with Gasteiger partial charge in [-0.15, -0.1) is 0 Å². The Labute approximate surface area is 164 Å². The predicted molar refractivity (Wildman–Crippen MR) is 100 cm³/mol. The Bertz CT molecular complexity index is 968. The summed E-state index contributed by atoms with van der Waals surface area (Å²) in [6, 6.07) is 7.51. The van der Waals surface area contributed by atoms with E-state index in [-0.39, 0.29) is 27.8 Å². The van der Waals surface area contributed by atoms with Crippen LogP contribution in [-0.4, -0.2) is 29.4 Å². The lowest BCUT2D eigenvalue weighted by Crippen LogP contribution is -2.48. The third-order valence-electron chi connectivity index (χ3n) is 4.13. The van der Waals surface area contributed by atoms with Gasteiger partial charge in [-0.2, -0.15) is 0 Å². The van der Waals surface area contributed by atoms with E-state index in [2.05, 4.69) is 5.32 Å². The Morgan fingerprint density at radius 2 is 2.11 bits per heavy atom. The number of nitro benzene ring substituents is 1. The molecule has 1 heterocycles. The first kappa shape index (κ1) is 19.6. The van der Waals surface area contributed by atoms with Crippen molar-refractivity contribution >= 4 is 40.5 Å². The van der Waals surface area contributed by atoms with Crippen molar-refractivity contribution in [3.63, 3.8) is 0 Å². The molecule has 10 heteroatoms. The quantitative estimate of drug-likeness (QED) is 0.603. The molecule has 0 aliphatic carbocycles. The van der Waals surface area contributed by atoms with Crippen molar-refractivity contribution in [2.75, 3.05) is 16.8 Å². The lowest BCUT2D eigenvalue weighted by molar-refractivity contribution is -0.384. The van der Waals surface area contributed by atoms with E-state index in [4.69, 9.17) is 16.3 Å². The number of nitrogens with zero attached hydrogens (tertiary/aromatic N) is 2. The SMILES string of the molecule is CCC1Oc2ccc([N+](=O)[O-])cc2N(CC(=O)Nc2ccc(F)c(Cl)c2)C1=O. The van der Waals surface area contributed by atoms with E-state index >= 15 is 0 Å². The van der Waals surface area contributed by atoms with Crippen LogP contribution in [0.15, 0.2) is 36.4 Å². The van der Waals surface area contributed by atoms with E-state index in [1.54, 1.807) is 6.92 Å². The van der Waals surface area contributed by atoms with Crippen molar-refractivity contribution in [1.29, 1.82) is 0 Å². The predicted octanol–water partition coefficient (Wildman–Crippen LogP) is 3.53. The number of hydrogen-bond donors (Lipinski definition) is 1. The van der Waals surface area contributed by atoms with Gasteiger partial charge < -0.3 is 10.1 Å². The molecule has 1 unspecified atom stereocenters. The molecule has 2 aromatic carbocycles. The van der Waals surface area contributed by atoms with E-state index in [0.717, 1.165) is 11.0 Å². The van der Waals surface area contributed by atoms with Crippen LogP contribution in [0, 0.1) is 15.9 Å². The number of carbonyl (C=O) groups is 2. The first-order valence-corrected chi connectivity index (χ1v) is 8.69. The van der Waals surface area contributed by atoms with Crippen LogP contribution in [0.5, 0.6) is 5.75 Å².